The lowest BCUT2D eigenvalue weighted by Gasteiger charge is -2.45. The van der Waals surface area contributed by atoms with Crippen LogP contribution in [0.2, 0.25) is 0 Å². The van der Waals surface area contributed by atoms with Crippen molar-refractivity contribution in [2.75, 3.05) is 18.0 Å². The molecule has 1 aromatic rings. The standard InChI is InChI=1S/C10H15N3O/c1-10(2)6-13(7-10)9-11-3-8(5-14)4-12-9/h3-4,14H,5-7H2,1-2H3. The number of anilines is 1. The lowest BCUT2D eigenvalue weighted by molar-refractivity contribution is 0.270. The average molecular weight is 193 g/mol. The van der Waals surface area contributed by atoms with Gasteiger partial charge >= 0.3 is 0 Å². The van der Waals surface area contributed by atoms with Crippen molar-refractivity contribution in [1.29, 1.82) is 0 Å². The van der Waals surface area contributed by atoms with Gasteiger partial charge in [-0.3, -0.25) is 0 Å². The molecule has 0 saturated carbocycles. The van der Waals surface area contributed by atoms with Gasteiger partial charge in [0.2, 0.25) is 5.95 Å². The van der Waals surface area contributed by atoms with Gasteiger partial charge in [-0.05, 0) is 5.41 Å². The number of aliphatic hydroxyl groups is 1. The van der Waals surface area contributed by atoms with Gasteiger partial charge in [0.05, 0.1) is 6.61 Å². The van der Waals surface area contributed by atoms with E-state index < -0.39 is 0 Å². The first kappa shape index (κ1) is 9.40. The molecule has 4 nitrogen and oxygen atoms in total. The summed E-state index contributed by atoms with van der Waals surface area (Å²) >= 11 is 0. The SMILES string of the molecule is CC1(C)CN(c2ncc(CO)cn2)C1. The molecule has 4 heteroatoms. The summed E-state index contributed by atoms with van der Waals surface area (Å²) in [5.41, 5.74) is 1.15. The van der Waals surface area contributed by atoms with Crippen LogP contribution in [0.25, 0.3) is 0 Å². The van der Waals surface area contributed by atoms with Gasteiger partial charge in [0.1, 0.15) is 0 Å². The van der Waals surface area contributed by atoms with E-state index in [0.717, 1.165) is 24.6 Å². The number of hydrogen-bond donors (Lipinski definition) is 1. The van der Waals surface area contributed by atoms with E-state index in [0.29, 0.717) is 5.41 Å². The van der Waals surface area contributed by atoms with Gasteiger partial charge in [-0.25, -0.2) is 9.97 Å². The molecule has 2 heterocycles. The summed E-state index contributed by atoms with van der Waals surface area (Å²) in [6.07, 6.45) is 3.35. The molecule has 2 rings (SSSR count). The van der Waals surface area contributed by atoms with E-state index in [4.69, 9.17) is 5.11 Å². The molecule has 0 radical (unpaired) electrons. The van der Waals surface area contributed by atoms with E-state index in [-0.39, 0.29) is 6.61 Å². The number of rotatable bonds is 2. The second-order valence-corrected chi connectivity index (χ2v) is 4.57. The van der Waals surface area contributed by atoms with Crippen LogP contribution in [0.3, 0.4) is 0 Å². The van der Waals surface area contributed by atoms with Crippen LogP contribution in [0, 0.1) is 5.41 Å². The second-order valence-electron chi connectivity index (χ2n) is 4.57. The molecule has 0 spiro atoms. The number of aromatic nitrogens is 2. The fourth-order valence-electron chi connectivity index (χ4n) is 1.72. The smallest absolute Gasteiger partial charge is 0.225 e. The van der Waals surface area contributed by atoms with Crippen molar-refractivity contribution in [3.8, 4) is 0 Å². The Bertz CT molecular complexity index is 313. The summed E-state index contributed by atoms with van der Waals surface area (Å²) in [4.78, 5) is 10.5. The summed E-state index contributed by atoms with van der Waals surface area (Å²) in [6.45, 7) is 6.47. The molecule has 76 valence electrons. The normalized spacial score (nSPS) is 19.2. The van der Waals surface area contributed by atoms with Gasteiger partial charge in [-0.2, -0.15) is 0 Å². The second kappa shape index (κ2) is 3.20. The molecular formula is C10H15N3O. The van der Waals surface area contributed by atoms with Crippen LogP contribution in [0.1, 0.15) is 19.4 Å². The van der Waals surface area contributed by atoms with Crippen molar-refractivity contribution in [3.63, 3.8) is 0 Å². The lowest BCUT2D eigenvalue weighted by Crippen LogP contribution is -2.53. The monoisotopic (exact) mass is 193 g/mol. The van der Waals surface area contributed by atoms with Crippen LogP contribution >= 0.6 is 0 Å². The van der Waals surface area contributed by atoms with Crippen LogP contribution in [-0.4, -0.2) is 28.2 Å². The zero-order valence-electron chi connectivity index (χ0n) is 8.56. The van der Waals surface area contributed by atoms with Crippen LogP contribution in [-0.2, 0) is 6.61 Å². The first-order valence-corrected chi connectivity index (χ1v) is 4.77. The van der Waals surface area contributed by atoms with E-state index in [1.54, 1.807) is 12.4 Å². The Balaban J connectivity index is 2.05. The Hall–Kier alpha value is -1.16. The molecule has 1 fully saturated rings. The predicted molar refractivity (Wildman–Crippen MR) is 53.9 cm³/mol. The van der Waals surface area contributed by atoms with Crippen molar-refractivity contribution >= 4 is 5.95 Å². The van der Waals surface area contributed by atoms with Crippen molar-refractivity contribution in [2.24, 2.45) is 5.41 Å². The Morgan fingerprint density at radius 1 is 1.36 bits per heavy atom. The number of hydrogen-bond acceptors (Lipinski definition) is 4. The minimum Gasteiger partial charge on any atom is -0.392 e. The summed E-state index contributed by atoms with van der Waals surface area (Å²) in [5.74, 6) is 0.765. The van der Waals surface area contributed by atoms with Crippen LogP contribution in [0.4, 0.5) is 5.95 Å². The van der Waals surface area contributed by atoms with Crippen LogP contribution in [0.15, 0.2) is 12.4 Å². The minimum atomic E-state index is 0.00573. The summed E-state index contributed by atoms with van der Waals surface area (Å²) < 4.78 is 0. The highest BCUT2D eigenvalue weighted by Crippen LogP contribution is 2.30. The van der Waals surface area contributed by atoms with Crippen molar-refractivity contribution in [2.45, 2.75) is 20.5 Å². The van der Waals surface area contributed by atoms with E-state index in [1.807, 2.05) is 0 Å². The first-order chi connectivity index (χ1) is 6.61. The van der Waals surface area contributed by atoms with Gasteiger partial charge in [0, 0.05) is 31.0 Å². The van der Waals surface area contributed by atoms with E-state index in [2.05, 4.69) is 28.7 Å². The molecule has 0 amide bonds. The number of aliphatic hydroxyl groups excluding tert-OH is 1. The number of nitrogens with zero attached hydrogens (tertiary/aromatic N) is 3. The van der Waals surface area contributed by atoms with Crippen molar-refractivity contribution < 1.29 is 5.11 Å². The maximum atomic E-state index is 8.83. The predicted octanol–water partition coefficient (Wildman–Crippen LogP) is 0.815. The highest BCUT2D eigenvalue weighted by atomic mass is 16.3. The third kappa shape index (κ3) is 1.70. The van der Waals surface area contributed by atoms with Gasteiger partial charge in [-0.1, -0.05) is 13.8 Å². The average Bonchev–Trinajstić information content (AvgIpc) is 2.14. The lowest BCUT2D eigenvalue weighted by atomic mass is 9.85. The van der Waals surface area contributed by atoms with E-state index in [1.165, 1.54) is 0 Å². The first-order valence-electron chi connectivity index (χ1n) is 4.77. The van der Waals surface area contributed by atoms with Crippen molar-refractivity contribution in [3.05, 3.63) is 18.0 Å². The van der Waals surface area contributed by atoms with E-state index >= 15 is 0 Å². The molecule has 1 N–H and O–H groups in total. The molecule has 0 aliphatic carbocycles. The van der Waals surface area contributed by atoms with Gasteiger partial charge in [0.25, 0.3) is 0 Å². The van der Waals surface area contributed by atoms with Gasteiger partial charge in [0.15, 0.2) is 0 Å². The summed E-state index contributed by atoms with van der Waals surface area (Å²) in [5, 5.41) is 8.83. The topological polar surface area (TPSA) is 49.2 Å². The van der Waals surface area contributed by atoms with Crippen LogP contribution in [0.5, 0.6) is 0 Å². The molecule has 1 aliphatic heterocycles. The zero-order valence-corrected chi connectivity index (χ0v) is 8.56. The Kier molecular flexibility index (Phi) is 2.15. The highest BCUT2D eigenvalue weighted by molar-refractivity contribution is 5.35. The van der Waals surface area contributed by atoms with E-state index in [9.17, 15) is 0 Å². The minimum absolute atomic E-state index is 0.00573. The molecule has 14 heavy (non-hydrogen) atoms. The quantitative estimate of drug-likeness (QED) is 0.755. The Labute approximate surface area is 83.6 Å². The molecular weight excluding hydrogens is 178 g/mol. The highest BCUT2D eigenvalue weighted by Gasteiger charge is 2.35. The molecule has 0 atom stereocenters. The maximum absolute atomic E-state index is 8.83. The third-order valence-corrected chi connectivity index (χ3v) is 2.39. The van der Waals surface area contributed by atoms with Gasteiger partial charge < -0.3 is 10.0 Å². The summed E-state index contributed by atoms with van der Waals surface area (Å²) in [6, 6.07) is 0. The Morgan fingerprint density at radius 2 is 1.93 bits per heavy atom. The van der Waals surface area contributed by atoms with Gasteiger partial charge in [-0.15, -0.1) is 0 Å². The Morgan fingerprint density at radius 3 is 2.36 bits per heavy atom. The third-order valence-electron chi connectivity index (χ3n) is 2.39. The molecule has 0 bridgehead atoms. The molecule has 0 aromatic carbocycles. The van der Waals surface area contributed by atoms with Crippen molar-refractivity contribution in [1.82, 2.24) is 9.97 Å². The molecule has 1 aromatic heterocycles. The fraction of sp³-hybridized carbons (Fsp3) is 0.600. The maximum Gasteiger partial charge on any atom is 0.225 e. The summed E-state index contributed by atoms with van der Waals surface area (Å²) in [7, 11) is 0. The molecule has 1 aliphatic rings. The fourth-order valence-corrected chi connectivity index (χ4v) is 1.72. The zero-order chi connectivity index (χ0) is 10.2. The molecule has 0 unspecified atom stereocenters. The molecule has 1 saturated heterocycles. The largest absolute Gasteiger partial charge is 0.392 e. The van der Waals surface area contributed by atoms with Crippen LogP contribution < -0.4 is 4.90 Å².